The highest BCUT2D eigenvalue weighted by Crippen LogP contribution is 2.10. The molecule has 0 unspecified atom stereocenters. The molecule has 1 heterocycles. The summed E-state index contributed by atoms with van der Waals surface area (Å²) in [5, 5.41) is 6.68. The highest BCUT2D eigenvalue weighted by Gasteiger charge is 2.03. The molecule has 0 bridgehead atoms. The maximum Gasteiger partial charge on any atom is 0.191 e. The van der Waals surface area contributed by atoms with Gasteiger partial charge in [-0.25, -0.2) is 4.98 Å². The number of rotatable bonds is 8. The molecule has 1 aromatic carbocycles. The van der Waals surface area contributed by atoms with E-state index in [1.165, 1.54) is 5.56 Å². The van der Waals surface area contributed by atoms with Crippen LogP contribution in [0.25, 0.3) is 0 Å². The second kappa shape index (κ2) is 10.3. The smallest absolute Gasteiger partial charge is 0.191 e. The average molecular weight is 339 g/mol. The van der Waals surface area contributed by atoms with Gasteiger partial charge in [-0.1, -0.05) is 36.4 Å². The van der Waals surface area contributed by atoms with Crippen molar-refractivity contribution in [3.8, 4) is 0 Å². The molecule has 2 N–H and O–H groups in total. The number of anilines is 1. The van der Waals surface area contributed by atoms with Gasteiger partial charge < -0.3 is 15.5 Å². The molecule has 0 saturated carbocycles. The normalized spacial score (nSPS) is 11.2. The second-order valence-electron chi connectivity index (χ2n) is 5.79. The van der Waals surface area contributed by atoms with Crippen molar-refractivity contribution in [1.82, 2.24) is 15.6 Å². The molecule has 0 aliphatic heterocycles. The van der Waals surface area contributed by atoms with Crippen LogP contribution in [0.3, 0.4) is 0 Å². The van der Waals surface area contributed by atoms with Crippen LogP contribution in [0.2, 0.25) is 0 Å². The van der Waals surface area contributed by atoms with Gasteiger partial charge in [0, 0.05) is 39.4 Å². The van der Waals surface area contributed by atoms with Crippen LogP contribution in [0.4, 0.5) is 5.82 Å². The van der Waals surface area contributed by atoms with Gasteiger partial charge in [-0.05, 0) is 37.5 Å². The number of hydrogen-bond acceptors (Lipinski definition) is 3. The monoisotopic (exact) mass is 339 g/mol. The fourth-order valence-corrected chi connectivity index (χ4v) is 2.63. The summed E-state index contributed by atoms with van der Waals surface area (Å²) >= 11 is 0. The Morgan fingerprint density at radius 2 is 1.76 bits per heavy atom. The Hall–Kier alpha value is -2.56. The van der Waals surface area contributed by atoms with E-state index in [-0.39, 0.29) is 0 Å². The fourth-order valence-electron chi connectivity index (χ4n) is 2.63. The lowest BCUT2D eigenvalue weighted by molar-refractivity contribution is 0.791. The van der Waals surface area contributed by atoms with Crippen LogP contribution < -0.4 is 15.5 Å². The molecule has 0 fully saturated rings. The standard InChI is InChI=1S/C20H29N5/c1-4-25(5-2)19-12-11-18(15-23-19)16-24-20(21-3)22-14-13-17-9-7-6-8-10-17/h6-12,15H,4-5,13-14,16H2,1-3H3,(H2,21,22,24). The van der Waals surface area contributed by atoms with Gasteiger partial charge in [-0.2, -0.15) is 0 Å². The zero-order valence-corrected chi connectivity index (χ0v) is 15.5. The largest absolute Gasteiger partial charge is 0.357 e. The highest BCUT2D eigenvalue weighted by atomic mass is 15.2. The molecule has 2 rings (SSSR count). The average Bonchev–Trinajstić information content (AvgIpc) is 2.67. The molecule has 0 amide bonds. The van der Waals surface area contributed by atoms with E-state index in [4.69, 9.17) is 0 Å². The van der Waals surface area contributed by atoms with Gasteiger partial charge in [0.05, 0.1) is 0 Å². The van der Waals surface area contributed by atoms with Gasteiger partial charge in [0.15, 0.2) is 5.96 Å². The Bertz CT molecular complexity index is 633. The Morgan fingerprint density at radius 1 is 1.00 bits per heavy atom. The summed E-state index contributed by atoms with van der Waals surface area (Å²) in [5.41, 5.74) is 2.46. The third kappa shape index (κ3) is 6.10. The predicted octanol–water partition coefficient (Wildman–Crippen LogP) is 2.84. The molecule has 0 aliphatic carbocycles. The van der Waals surface area contributed by atoms with E-state index >= 15 is 0 Å². The van der Waals surface area contributed by atoms with E-state index in [9.17, 15) is 0 Å². The van der Waals surface area contributed by atoms with Gasteiger partial charge in [-0.15, -0.1) is 0 Å². The van der Waals surface area contributed by atoms with Gasteiger partial charge in [0.1, 0.15) is 5.82 Å². The van der Waals surface area contributed by atoms with Crippen molar-refractivity contribution < 1.29 is 0 Å². The SMILES string of the molecule is CCN(CC)c1ccc(CNC(=NC)NCCc2ccccc2)cn1. The van der Waals surface area contributed by atoms with E-state index < -0.39 is 0 Å². The molecule has 1 aromatic heterocycles. The van der Waals surface area contributed by atoms with Crippen molar-refractivity contribution in [2.24, 2.45) is 4.99 Å². The topological polar surface area (TPSA) is 52.5 Å². The van der Waals surface area contributed by atoms with Crippen LogP contribution in [0, 0.1) is 0 Å². The third-order valence-electron chi connectivity index (χ3n) is 4.13. The minimum atomic E-state index is 0.705. The van der Waals surface area contributed by atoms with Gasteiger partial charge in [-0.3, -0.25) is 4.99 Å². The summed E-state index contributed by atoms with van der Waals surface area (Å²) in [6.07, 6.45) is 2.90. The van der Waals surface area contributed by atoms with Crippen molar-refractivity contribution in [3.63, 3.8) is 0 Å². The molecular formula is C20H29N5. The number of hydrogen-bond donors (Lipinski definition) is 2. The molecule has 0 atom stereocenters. The summed E-state index contributed by atoms with van der Waals surface area (Å²) in [6.45, 7) is 7.79. The van der Waals surface area contributed by atoms with Crippen LogP contribution in [-0.2, 0) is 13.0 Å². The number of nitrogens with one attached hydrogen (secondary N) is 2. The van der Waals surface area contributed by atoms with Crippen LogP contribution in [0.5, 0.6) is 0 Å². The molecular weight excluding hydrogens is 310 g/mol. The van der Waals surface area contributed by atoms with E-state index in [1.807, 2.05) is 12.3 Å². The molecule has 0 aliphatic rings. The van der Waals surface area contributed by atoms with Gasteiger partial charge >= 0.3 is 0 Å². The number of benzene rings is 1. The first-order valence-corrected chi connectivity index (χ1v) is 8.95. The first-order valence-electron chi connectivity index (χ1n) is 8.95. The molecule has 25 heavy (non-hydrogen) atoms. The van der Waals surface area contributed by atoms with Crippen LogP contribution in [0.1, 0.15) is 25.0 Å². The molecule has 134 valence electrons. The van der Waals surface area contributed by atoms with E-state index in [0.717, 1.165) is 43.4 Å². The summed E-state index contributed by atoms with van der Waals surface area (Å²) in [5.74, 6) is 1.84. The van der Waals surface area contributed by atoms with Gasteiger partial charge in [0.25, 0.3) is 0 Å². The minimum absolute atomic E-state index is 0.705. The maximum absolute atomic E-state index is 4.55. The highest BCUT2D eigenvalue weighted by molar-refractivity contribution is 5.79. The Balaban J connectivity index is 1.78. The molecule has 0 saturated heterocycles. The van der Waals surface area contributed by atoms with Crippen molar-refractivity contribution in [2.45, 2.75) is 26.8 Å². The Kier molecular flexibility index (Phi) is 7.76. The summed E-state index contributed by atoms with van der Waals surface area (Å²) in [7, 11) is 1.79. The van der Waals surface area contributed by atoms with Crippen LogP contribution >= 0.6 is 0 Å². The second-order valence-corrected chi connectivity index (χ2v) is 5.79. The summed E-state index contributed by atoms with van der Waals surface area (Å²) < 4.78 is 0. The number of pyridine rings is 1. The zero-order chi connectivity index (χ0) is 17.9. The molecule has 0 radical (unpaired) electrons. The fraction of sp³-hybridized carbons (Fsp3) is 0.400. The minimum Gasteiger partial charge on any atom is -0.357 e. The van der Waals surface area contributed by atoms with E-state index in [2.05, 4.69) is 75.8 Å². The zero-order valence-electron chi connectivity index (χ0n) is 15.5. The summed E-state index contributed by atoms with van der Waals surface area (Å²) in [4.78, 5) is 11.1. The van der Waals surface area contributed by atoms with Crippen molar-refractivity contribution in [2.75, 3.05) is 31.6 Å². The number of aliphatic imine (C=N–C) groups is 1. The van der Waals surface area contributed by atoms with Crippen molar-refractivity contribution in [1.29, 1.82) is 0 Å². The lowest BCUT2D eigenvalue weighted by atomic mass is 10.1. The number of aromatic nitrogens is 1. The molecule has 0 spiro atoms. The first-order chi connectivity index (χ1) is 12.3. The molecule has 5 heteroatoms. The maximum atomic E-state index is 4.55. The van der Waals surface area contributed by atoms with E-state index in [1.54, 1.807) is 7.05 Å². The lowest BCUT2D eigenvalue weighted by Gasteiger charge is -2.19. The van der Waals surface area contributed by atoms with E-state index in [0.29, 0.717) is 6.54 Å². The Morgan fingerprint density at radius 3 is 2.36 bits per heavy atom. The number of nitrogens with zero attached hydrogens (tertiary/aromatic N) is 3. The molecule has 2 aromatic rings. The van der Waals surface area contributed by atoms with Crippen LogP contribution in [0.15, 0.2) is 53.7 Å². The van der Waals surface area contributed by atoms with Crippen molar-refractivity contribution >= 4 is 11.8 Å². The quantitative estimate of drug-likeness (QED) is 0.574. The summed E-state index contributed by atoms with van der Waals surface area (Å²) in [6, 6.07) is 14.6. The van der Waals surface area contributed by atoms with Gasteiger partial charge in [0.2, 0.25) is 0 Å². The van der Waals surface area contributed by atoms with Crippen LogP contribution in [-0.4, -0.2) is 37.6 Å². The van der Waals surface area contributed by atoms with Crippen molar-refractivity contribution in [3.05, 3.63) is 59.8 Å². The third-order valence-corrected chi connectivity index (χ3v) is 4.13. The first kappa shape index (κ1) is 18.8. The lowest BCUT2D eigenvalue weighted by Crippen LogP contribution is -2.37. The molecule has 5 nitrogen and oxygen atoms in total. The predicted molar refractivity (Wildman–Crippen MR) is 106 cm³/mol. The number of guanidine groups is 1. The Labute approximate surface area is 151 Å².